The van der Waals surface area contributed by atoms with E-state index in [4.69, 9.17) is 9.47 Å². The first-order valence-corrected chi connectivity index (χ1v) is 12.0. The fourth-order valence-corrected chi connectivity index (χ4v) is 4.73. The number of amides is 2. The van der Waals surface area contributed by atoms with E-state index in [1.54, 1.807) is 55.4 Å². The normalized spacial score (nSPS) is 15.5. The lowest BCUT2D eigenvalue weighted by Crippen LogP contribution is -2.50. The number of anilines is 1. The molecule has 0 saturated carbocycles. The van der Waals surface area contributed by atoms with Crippen LogP contribution in [0.25, 0.3) is 0 Å². The lowest BCUT2D eigenvalue weighted by molar-refractivity contribution is -0.136. The average Bonchev–Trinajstić information content (AvgIpc) is 2.82. The molecule has 33 heavy (non-hydrogen) atoms. The molecule has 3 rings (SSSR count). The molecule has 0 bridgehead atoms. The van der Waals surface area contributed by atoms with Crippen molar-refractivity contribution in [3.8, 4) is 11.5 Å². The van der Waals surface area contributed by atoms with Crippen LogP contribution in [0.3, 0.4) is 0 Å². The molecule has 1 unspecified atom stereocenters. The number of nitrogens with zero attached hydrogens (tertiary/aromatic N) is 3. The Labute approximate surface area is 194 Å². The zero-order valence-corrected chi connectivity index (χ0v) is 20.0. The van der Waals surface area contributed by atoms with E-state index in [2.05, 4.69) is 0 Å². The zero-order valence-electron chi connectivity index (χ0n) is 19.2. The van der Waals surface area contributed by atoms with Crippen molar-refractivity contribution in [2.45, 2.75) is 23.8 Å². The predicted molar refractivity (Wildman–Crippen MR) is 124 cm³/mol. The second-order valence-corrected chi connectivity index (χ2v) is 9.96. The molecule has 1 aliphatic rings. The Morgan fingerprint density at radius 2 is 1.76 bits per heavy atom. The van der Waals surface area contributed by atoms with Crippen LogP contribution >= 0.6 is 0 Å². The van der Waals surface area contributed by atoms with Crippen molar-refractivity contribution in [2.24, 2.45) is 0 Å². The van der Waals surface area contributed by atoms with E-state index < -0.39 is 16.1 Å². The van der Waals surface area contributed by atoms with Gasteiger partial charge in [0.2, 0.25) is 15.9 Å². The van der Waals surface area contributed by atoms with E-state index in [9.17, 15) is 18.0 Å². The molecule has 0 N–H and O–H groups in total. The molecule has 1 heterocycles. The second-order valence-electron chi connectivity index (χ2n) is 7.92. The Bertz CT molecular complexity index is 1100. The maximum Gasteiger partial charge on any atom is 0.265 e. The van der Waals surface area contributed by atoms with Crippen LogP contribution in [0, 0.1) is 0 Å². The van der Waals surface area contributed by atoms with Crippen molar-refractivity contribution < 1.29 is 27.5 Å². The summed E-state index contributed by atoms with van der Waals surface area (Å²) in [4.78, 5) is 28.6. The van der Waals surface area contributed by atoms with Crippen LogP contribution in [0.15, 0.2) is 53.4 Å². The summed E-state index contributed by atoms with van der Waals surface area (Å²) in [5.74, 6) is 0.612. The highest BCUT2D eigenvalue weighted by atomic mass is 32.2. The highest BCUT2D eigenvalue weighted by Gasteiger charge is 2.34. The SMILES string of the molecule is COc1ccc(S(=O)(=O)N(C)CCCC(=O)N2CC(C(=O)N(C)C)Oc3ccccc32)cc1. The van der Waals surface area contributed by atoms with Crippen molar-refractivity contribution in [3.63, 3.8) is 0 Å². The molecule has 2 aromatic rings. The number of methoxy groups -OCH3 is 1. The summed E-state index contributed by atoms with van der Waals surface area (Å²) in [6.07, 6.45) is -0.340. The van der Waals surface area contributed by atoms with Crippen LogP contribution < -0.4 is 14.4 Å². The number of carbonyl (C=O) groups is 2. The smallest absolute Gasteiger partial charge is 0.265 e. The van der Waals surface area contributed by atoms with E-state index in [1.807, 2.05) is 0 Å². The van der Waals surface area contributed by atoms with Gasteiger partial charge in [0, 0.05) is 34.1 Å². The molecule has 2 amide bonds. The number of hydrogen-bond acceptors (Lipinski definition) is 6. The highest BCUT2D eigenvalue weighted by molar-refractivity contribution is 7.89. The molecule has 0 aromatic heterocycles. The Morgan fingerprint density at radius 3 is 2.39 bits per heavy atom. The monoisotopic (exact) mass is 475 g/mol. The topological polar surface area (TPSA) is 96.5 Å². The van der Waals surface area contributed by atoms with Crippen molar-refractivity contribution >= 4 is 27.5 Å². The Kier molecular flexibility index (Phi) is 7.60. The van der Waals surface area contributed by atoms with E-state index in [-0.39, 0.29) is 36.2 Å². The van der Waals surface area contributed by atoms with Gasteiger partial charge < -0.3 is 19.3 Å². The van der Waals surface area contributed by atoms with Gasteiger partial charge >= 0.3 is 0 Å². The number of carbonyl (C=O) groups excluding carboxylic acids is 2. The first-order chi connectivity index (χ1) is 15.6. The number of likely N-dealkylation sites (N-methyl/N-ethyl adjacent to an activating group) is 1. The summed E-state index contributed by atoms with van der Waals surface area (Å²) in [6, 6.07) is 13.2. The molecular weight excluding hydrogens is 446 g/mol. The van der Waals surface area contributed by atoms with Crippen LogP contribution in [0.1, 0.15) is 12.8 Å². The third-order valence-corrected chi connectivity index (χ3v) is 7.29. The molecule has 0 radical (unpaired) electrons. The van der Waals surface area contributed by atoms with Crippen LogP contribution in [0.4, 0.5) is 5.69 Å². The minimum absolute atomic E-state index is 0.104. The number of fused-ring (bicyclic) bond motifs is 1. The lowest BCUT2D eigenvalue weighted by atomic mass is 10.1. The molecule has 2 aromatic carbocycles. The first-order valence-electron chi connectivity index (χ1n) is 10.5. The van der Waals surface area contributed by atoms with E-state index in [1.165, 1.54) is 35.5 Å². The van der Waals surface area contributed by atoms with Gasteiger partial charge in [-0.1, -0.05) is 12.1 Å². The first kappa shape index (κ1) is 24.5. The van der Waals surface area contributed by atoms with Gasteiger partial charge in [-0.05, 0) is 42.8 Å². The number of para-hydroxylation sites is 2. The van der Waals surface area contributed by atoms with Gasteiger partial charge in [-0.25, -0.2) is 12.7 Å². The quantitative estimate of drug-likeness (QED) is 0.579. The van der Waals surface area contributed by atoms with Crippen molar-refractivity contribution in [1.82, 2.24) is 9.21 Å². The summed E-state index contributed by atoms with van der Waals surface area (Å²) < 4.78 is 37.7. The fraction of sp³-hybridized carbons (Fsp3) is 0.391. The summed E-state index contributed by atoms with van der Waals surface area (Å²) in [5.41, 5.74) is 0.601. The molecule has 0 fully saturated rings. The predicted octanol–water partition coefficient (Wildman–Crippen LogP) is 1.98. The maximum absolute atomic E-state index is 13.0. The third-order valence-electron chi connectivity index (χ3n) is 5.42. The van der Waals surface area contributed by atoms with Gasteiger partial charge in [0.1, 0.15) is 11.5 Å². The van der Waals surface area contributed by atoms with Crippen molar-refractivity contribution in [3.05, 3.63) is 48.5 Å². The number of sulfonamides is 1. The van der Waals surface area contributed by atoms with E-state index in [0.29, 0.717) is 23.6 Å². The van der Waals surface area contributed by atoms with Crippen LogP contribution in [-0.4, -0.2) is 76.9 Å². The molecule has 0 spiro atoms. The second kappa shape index (κ2) is 10.2. The van der Waals surface area contributed by atoms with Crippen LogP contribution in [0.2, 0.25) is 0 Å². The minimum atomic E-state index is -3.68. The van der Waals surface area contributed by atoms with Crippen molar-refractivity contribution in [1.29, 1.82) is 0 Å². The molecule has 0 saturated heterocycles. The third kappa shape index (κ3) is 5.45. The van der Waals surface area contributed by atoms with Crippen LogP contribution in [-0.2, 0) is 19.6 Å². The minimum Gasteiger partial charge on any atom is -0.497 e. The molecule has 1 atom stereocenters. The van der Waals surface area contributed by atoms with Gasteiger partial charge in [-0.15, -0.1) is 0 Å². The summed E-state index contributed by atoms with van der Waals surface area (Å²) in [6.45, 7) is 0.277. The number of ether oxygens (including phenoxy) is 2. The number of benzene rings is 2. The van der Waals surface area contributed by atoms with Crippen LogP contribution in [0.5, 0.6) is 11.5 Å². The maximum atomic E-state index is 13.0. The molecule has 0 aliphatic carbocycles. The molecule has 1 aliphatic heterocycles. The Balaban J connectivity index is 1.65. The summed E-state index contributed by atoms with van der Waals surface area (Å²) in [7, 11) is 2.59. The summed E-state index contributed by atoms with van der Waals surface area (Å²) in [5, 5.41) is 0. The lowest BCUT2D eigenvalue weighted by Gasteiger charge is -2.35. The Hall–Kier alpha value is -3.11. The highest BCUT2D eigenvalue weighted by Crippen LogP contribution is 2.34. The van der Waals surface area contributed by atoms with Gasteiger partial charge in [0.15, 0.2) is 6.10 Å². The van der Waals surface area contributed by atoms with Gasteiger partial charge in [0.05, 0.1) is 24.2 Å². The van der Waals surface area contributed by atoms with Gasteiger partial charge in [-0.2, -0.15) is 0 Å². The van der Waals surface area contributed by atoms with E-state index >= 15 is 0 Å². The Morgan fingerprint density at radius 1 is 1.09 bits per heavy atom. The standard InChI is InChI=1S/C23H29N3O6S/c1-24(2)23(28)21-16-26(19-8-5-6-9-20(19)32-21)22(27)10-7-15-25(3)33(29,30)18-13-11-17(31-4)12-14-18/h5-6,8-9,11-14,21H,7,10,15-16H2,1-4H3. The van der Waals surface area contributed by atoms with E-state index in [0.717, 1.165) is 0 Å². The number of rotatable bonds is 8. The number of hydrogen-bond donors (Lipinski definition) is 0. The molecular formula is C23H29N3O6S. The van der Waals surface area contributed by atoms with Gasteiger partial charge in [-0.3, -0.25) is 9.59 Å². The average molecular weight is 476 g/mol. The van der Waals surface area contributed by atoms with Gasteiger partial charge in [0.25, 0.3) is 5.91 Å². The zero-order chi connectivity index (χ0) is 24.2. The fourth-order valence-electron chi connectivity index (χ4n) is 3.52. The van der Waals surface area contributed by atoms with Crippen molar-refractivity contribution in [2.75, 3.05) is 46.2 Å². The molecule has 10 heteroatoms. The summed E-state index contributed by atoms with van der Waals surface area (Å²) >= 11 is 0. The molecule has 178 valence electrons. The largest absolute Gasteiger partial charge is 0.497 e. The molecule has 9 nitrogen and oxygen atoms in total.